The van der Waals surface area contributed by atoms with E-state index in [1.54, 1.807) is 18.2 Å². The quantitative estimate of drug-likeness (QED) is 0.849. The fraction of sp³-hybridized carbons (Fsp3) is 0.429. The van der Waals surface area contributed by atoms with E-state index >= 15 is 0 Å². The van der Waals surface area contributed by atoms with Crippen LogP contribution in [0.15, 0.2) is 27.4 Å². The van der Waals surface area contributed by atoms with Gasteiger partial charge in [-0.3, -0.25) is 9.36 Å². The summed E-state index contributed by atoms with van der Waals surface area (Å²) in [6, 6.07) is 4.96. The minimum Gasteiger partial charge on any atom is -0.408 e. The summed E-state index contributed by atoms with van der Waals surface area (Å²) in [4.78, 5) is 23.5. The molecule has 0 spiro atoms. The topological polar surface area (TPSA) is 84.5 Å². The molecule has 1 aromatic heterocycles. The van der Waals surface area contributed by atoms with E-state index in [-0.39, 0.29) is 19.1 Å². The number of oxazole rings is 1. The normalized spacial score (nSPS) is 11.2. The van der Waals surface area contributed by atoms with Gasteiger partial charge >= 0.3 is 5.76 Å². The fourth-order valence-corrected chi connectivity index (χ4v) is 1.88. The van der Waals surface area contributed by atoms with Crippen LogP contribution in [0.1, 0.15) is 19.4 Å². The number of fused-ring (bicyclic) bond motifs is 1. The Hall–Kier alpha value is -2.08. The molecule has 0 fully saturated rings. The van der Waals surface area contributed by atoms with Crippen LogP contribution >= 0.6 is 0 Å². The van der Waals surface area contributed by atoms with Gasteiger partial charge in [-0.2, -0.15) is 0 Å². The zero-order valence-electron chi connectivity index (χ0n) is 11.5. The van der Waals surface area contributed by atoms with Gasteiger partial charge < -0.3 is 14.8 Å². The highest BCUT2D eigenvalue weighted by Gasteiger charge is 2.13. The SMILES string of the molecule is CC(C)CNC(=O)Cn1c(=O)oc2cc(CO)ccc21. The third-order valence-electron chi connectivity index (χ3n) is 2.92. The van der Waals surface area contributed by atoms with E-state index in [1.807, 2.05) is 13.8 Å². The second-order valence-electron chi connectivity index (χ2n) is 5.11. The molecule has 1 heterocycles. The molecule has 1 amide bonds. The molecule has 0 radical (unpaired) electrons. The zero-order chi connectivity index (χ0) is 14.7. The lowest BCUT2D eigenvalue weighted by Gasteiger charge is -2.07. The molecule has 6 heteroatoms. The van der Waals surface area contributed by atoms with Crippen LogP contribution in [0.25, 0.3) is 11.1 Å². The molecule has 0 saturated carbocycles. The maximum absolute atomic E-state index is 11.8. The molecule has 0 aliphatic heterocycles. The van der Waals surface area contributed by atoms with Crippen molar-refractivity contribution in [3.63, 3.8) is 0 Å². The number of carbonyl (C=O) groups is 1. The average molecular weight is 278 g/mol. The number of aliphatic hydroxyl groups is 1. The molecule has 0 saturated heterocycles. The van der Waals surface area contributed by atoms with Crippen LogP contribution < -0.4 is 11.1 Å². The maximum atomic E-state index is 11.8. The molecule has 20 heavy (non-hydrogen) atoms. The summed E-state index contributed by atoms with van der Waals surface area (Å²) in [6.45, 7) is 4.36. The number of aromatic nitrogens is 1. The largest absolute Gasteiger partial charge is 0.420 e. The molecule has 0 aliphatic carbocycles. The molecule has 2 rings (SSSR count). The summed E-state index contributed by atoms with van der Waals surface area (Å²) in [6.07, 6.45) is 0. The Labute approximate surface area is 116 Å². The van der Waals surface area contributed by atoms with E-state index in [9.17, 15) is 9.59 Å². The molecular formula is C14H18N2O4. The van der Waals surface area contributed by atoms with Crippen LogP contribution in [0.4, 0.5) is 0 Å². The first-order valence-electron chi connectivity index (χ1n) is 6.51. The molecule has 2 aromatic rings. The third kappa shape index (κ3) is 3.08. The van der Waals surface area contributed by atoms with Crippen LogP contribution in [0.3, 0.4) is 0 Å². The molecule has 0 aliphatic rings. The number of nitrogens with zero attached hydrogens (tertiary/aromatic N) is 1. The van der Waals surface area contributed by atoms with Gasteiger partial charge in [0.1, 0.15) is 6.54 Å². The highest BCUT2D eigenvalue weighted by molar-refractivity contribution is 5.79. The predicted octanol–water partition coefficient (Wildman–Crippen LogP) is 0.859. The van der Waals surface area contributed by atoms with Crippen molar-refractivity contribution in [2.75, 3.05) is 6.54 Å². The Kier molecular flexibility index (Phi) is 4.24. The molecule has 2 N–H and O–H groups in total. The summed E-state index contributed by atoms with van der Waals surface area (Å²) in [5, 5.41) is 11.8. The smallest absolute Gasteiger partial charge is 0.408 e. The van der Waals surface area contributed by atoms with E-state index in [0.717, 1.165) is 0 Å². The number of carbonyl (C=O) groups excluding carboxylic acids is 1. The van der Waals surface area contributed by atoms with Crippen LogP contribution in [0, 0.1) is 5.92 Å². The van der Waals surface area contributed by atoms with E-state index in [1.165, 1.54) is 4.57 Å². The Morgan fingerprint density at radius 3 is 2.85 bits per heavy atom. The van der Waals surface area contributed by atoms with Crippen molar-refractivity contribution in [2.24, 2.45) is 5.92 Å². The predicted molar refractivity (Wildman–Crippen MR) is 74.2 cm³/mol. The summed E-state index contributed by atoms with van der Waals surface area (Å²) in [5.74, 6) is -0.451. The lowest BCUT2D eigenvalue weighted by Crippen LogP contribution is -2.33. The van der Waals surface area contributed by atoms with Crippen molar-refractivity contribution in [3.05, 3.63) is 34.3 Å². The van der Waals surface area contributed by atoms with Crippen molar-refractivity contribution >= 4 is 17.0 Å². The maximum Gasteiger partial charge on any atom is 0.420 e. The number of aliphatic hydroxyl groups excluding tert-OH is 1. The van der Waals surface area contributed by atoms with E-state index in [2.05, 4.69) is 5.32 Å². The minimum absolute atomic E-state index is 0.0724. The number of hydrogen-bond donors (Lipinski definition) is 2. The van der Waals surface area contributed by atoms with E-state index in [0.29, 0.717) is 29.1 Å². The molecular weight excluding hydrogens is 260 g/mol. The molecule has 0 atom stereocenters. The second kappa shape index (κ2) is 5.92. The number of hydrogen-bond acceptors (Lipinski definition) is 4. The summed E-state index contributed by atoms with van der Waals surface area (Å²) in [5.41, 5.74) is 1.58. The summed E-state index contributed by atoms with van der Waals surface area (Å²) < 4.78 is 6.37. The number of nitrogens with one attached hydrogen (secondary N) is 1. The van der Waals surface area contributed by atoms with Crippen molar-refractivity contribution in [1.82, 2.24) is 9.88 Å². The van der Waals surface area contributed by atoms with Crippen LogP contribution in [-0.4, -0.2) is 22.1 Å². The van der Waals surface area contributed by atoms with Crippen LogP contribution in [0.2, 0.25) is 0 Å². The zero-order valence-corrected chi connectivity index (χ0v) is 11.5. The van der Waals surface area contributed by atoms with Gasteiger partial charge in [0, 0.05) is 6.54 Å². The lowest BCUT2D eigenvalue weighted by molar-refractivity contribution is -0.121. The highest BCUT2D eigenvalue weighted by Crippen LogP contribution is 2.15. The number of benzene rings is 1. The molecule has 108 valence electrons. The van der Waals surface area contributed by atoms with Gasteiger partial charge in [-0.1, -0.05) is 19.9 Å². The van der Waals surface area contributed by atoms with Crippen molar-refractivity contribution in [1.29, 1.82) is 0 Å². The fourth-order valence-electron chi connectivity index (χ4n) is 1.88. The van der Waals surface area contributed by atoms with Gasteiger partial charge in [0.05, 0.1) is 12.1 Å². The molecule has 1 aromatic carbocycles. The lowest BCUT2D eigenvalue weighted by atomic mass is 10.2. The first-order valence-corrected chi connectivity index (χ1v) is 6.51. The van der Waals surface area contributed by atoms with Crippen molar-refractivity contribution < 1.29 is 14.3 Å². The molecule has 0 unspecified atom stereocenters. The van der Waals surface area contributed by atoms with E-state index < -0.39 is 5.76 Å². The number of rotatable bonds is 5. The Morgan fingerprint density at radius 1 is 1.45 bits per heavy atom. The van der Waals surface area contributed by atoms with Crippen LogP contribution in [-0.2, 0) is 17.9 Å². The monoisotopic (exact) mass is 278 g/mol. The van der Waals surface area contributed by atoms with E-state index in [4.69, 9.17) is 9.52 Å². The Morgan fingerprint density at radius 2 is 2.20 bits per heavy atom. The Bertz CT molecular complexity index is 669. The molecule has 6 nitrogen and oxygen atoms in total. The van der Waals surface area contributed by atoms with Gasteiger partial charge in [-0.25, -0.2) is 4.79 Å². The second-order valence-corrected chi connectivity index (χ2v) is 5.11. The highest BCUT2D eigenvalue weighted by atomic mass is 16.4. The standard InChI is InChI=1S/C14H18N2O4/c1-9(2)6-15-13(18)7-16-11-4-3-10(8-17)5-12(11)20-14(16)19/h3-5,9,17H,6-8H2,1-2H3,(H,15,18). The van der Waals surface area contributed by atoms with Crippen LogP contribution in [0.5, 0.6) is 0 Å². The third-order valence-corrected chi connectivity index (χ3v) is 2.92. The van der Waals surface area contributed by atoms with Gasteiger partial charge in [-0.05, 0) is 23.6 Å². The minimum atomic E-state index is -0.574. The van der Waals surface area contributed by atoms with Gasteiger partial charge in [0.15, 0.2) is 5.58 Å². The summed E-state index contributed by atoms with van der Waals surface area (Å²) in [7, 11) is 0. The molecule has 0 bridgehead atoms. The average Bonchev–Trinajstić information content (AvgIpc) is 2.72. The van der Waals surface area contributed by atoms with Crippen molar-refractivity contribution in [3.8, 4) is 0 Å². The first-order chi connectivity index (χ1) is 9.51. The summed E-state index contributed by atoms with van der Waals surface area (Å²) >= 11 is 0. The first kappa shape index (κ1) is 14.3. The van der Waals surface area contributed by atoms with Gasteiger partial charge in [0.25, 0.3) is 0 Å². The number of amides is 1. The van der Waals surface area contributed by atoms with Gasteiger partial charge in [-0.15, -0.1) is 0 Å². The van der Waals surface area contributed by atoms with Gasteiger partial charge in [0.2, 0.25) is 5.91 Å². The van der Waals surface area contributed by atoms with Crippen molar-refractivity contribution in [2.45, 2.75) is 27.0 Å². The Balaban J connectivity index is 2.24.